The lowest BCUT2D eigenvalue weighted by atomic mass is 9.97. The van der Waals surface area contributed by atoms with Gasteiger partial charge >= 0.3 is 12.6 Å². The number of nitrogens with one attached hydrogen (secondary N) is 1. The van der Waals surface area contributed by atoms with E-state index >= 15 is 0 Å². The van der Waals surface area contributed by atoms with E-state index in [-0.39, 0.29) is 24.2 Å². The molecule has 0 atom stereocenters. The van der Waals surface area contributed by atoms with Gasteiger partial charge in [0.15, 0.2) is 5.96 Å². The number of carbonyl (C=O) groups is 1. The Hall–Kier alpha value is -2.38. The molecule has 1 saturated heterocycles. The smallest absolute Gasteiger partial charge is 0.387 e. The van der Waals surface area contributed by atoms with Gasteiger partial charge in [-0.25, -0.2) is 4.99 Å². The number of piperidine rings is 1. The monoisotopic (exact) mass is 369 g/mol. The molecule has 1 aromatic carbocycles. The number of hydrogen-bond acceptors (Lipinski definition) is 4. The Labute approximate surface area is 152 Å². The number of benzene rings is 1. The zero-order valence-corrected chi connectivity index (χ0v) is 15.1. The minimum atomic E-state index is -2.87. The first-order chi connectivity index (χ1) is 12.5. The standard InChI is InChI=1S/C18H25F2N3O3/c1-3-21-18(23-10-8-13(9-11-23)16(24)25-2)22-12-14-6-4-5-7-15(14)26-17(19)20/h4-7,13,17H,3,8-12H2,1-2H3,(H,21,22). The van der Waals surface area contributed by atoms with Gasteiger partial charge in [-0.1, -0.05) is 18.2 Å². The Morgan fingerprint density at radius 3 is 2.65 bits per heavy atom. The SMILES string of the molecule is CCNC(=NCc1ccccc1OC(F)F)N1CCC(C(=O)OC)CC1. The lowest BCUT2D eigenvalue weighted by Crippen LogP contribution is -2.46. The van der Waals surface area contributed by atoms with Crippen LogP contribution in [0.1, 0.15) is 25.3 Å². The Morgan fingerprint density at radius 2 is 2.04 bits per heavy atom. The average molecular weight is 369 g/mol. The average Bonchev–Trinajstić information content (AvgIpc) is 2.65. The van der Waals surface area contributed by atoms with E-state index in [2.05, 4.69) is 19.9 Å². The molecule has 0 saturated carbocycles. The molecule has 1 heterocycles. The number of methoxy groups -OCH3 is 1. The van der Waals surface area contributed by atoms with Crippen molar-refractivity contribution >= 4 is 11.9 Å². The molecule has 0 aliphatic carbocycles. The Bertz CT molecular complexity index is 617. The maximum Gasteiger partial charge on any atom is 0.387 e. The molecule has 0 spiro atoms. The predicted molar refractivity (Wildman–Crippen MR) is 94.2 cm³/mol. The van der Waals surface area contributed by atoms with Gasteiger partial charge in [0.2, 0.25) is 0 Å². The number of para-hydroxylation sites is 1. The summed E-state index contributed by atoms with van der Waals surface area (Å²) in [6.07, 6.45) is 1.39. The Balaban J connectivity index is 2.05. The second-order valence-electron chi connectivity index (χ2n) is 5.94. The van der Waals surface area contributed by atoms with Crippen LogP contribution in [0.4, 0.5) is 8.78 Å². The molecular formula is C18H25F2N3O3. The number of alkyl halides is 2. The van der Waals surface area contributed by atoms with Crippen LogP contribution in [0.5, 0.6) is 5.75 Å². The fraction of sp³-hybridized carbons (Fsp3) is 0.556. The summed E-state index contributed by atoms with van der Waals surface area (Å²) in [7, 11) is 1.40. The van der Waals surface area contributed by atoms with Crippen LogP contribution >= 0.6 is 0 Å². The van der Waals surface area contributed by atoms with Crippen LogP contribution in [-0.2, 0) is 16.1 Å². The summed E-state index contributed by atoms with van der Waals surface area (Å²) >= 11 is 0. The molecule has 0 unspecified atom stereocenters. The molecule has 1 aliphatic rings. The molecular weight excluding hydrogens is 344 g/mol. The van der Waals surface area contributed by atoms with Crippen molar-refractivity contribution < 1.29 is 23.0 Å². The molecule has 0 aromatic heterocycles. The number of hydrogen-bond donors (Lipinski definition) is 1. The molecule has 0 radical (unpaired) electrons. The van der Waals surface area contributed by atoms with Gasteiger partial charge in [-0.2, -0.15) is 8.78 Å². The van der Waals surface area contributed by atoms with Crippen LogP contribution in [0.15, 0.2) is 29.3 Å². The van der Waals surface area contributed by atoms with Gasteiger partial charge in [-0.3, -0.25) is 4.79 Å². The van der Waals surface area contributed by atoms with E-state index in [1.807, 2.05) is 6.92 Å². The minimum absolute atomic E-state index is 0.0840. The van der Waals surface area contributed by atoms with Crippen LogP contribution in [0.2, 0.25) is 0 Å². The van der Waals surface area contributed by atoms with E-state index in [0.29, 0.717) is 44.0 Å². The topological polar surface area (TPSA) is 63.2 Å². The number of carbonyl (C=O) groups excluding carboxylic acids is 1. The number of rotatable bonds is 6. The maximum absolute atomic E-state index is 12.5. The van der Waals surface area contributed by atoms with Crippen LogP contribution in [-0.4, -0.2) is 50.2 Å². The highest BCUT2D eigenvalue weighted by Gasteiger charge is 2.27. The third-order valence-electron chi connectivity index (χ3n) is 4.25. The first-order valence-corrected chi connectivity index (χ1v) is 8.69. The van der Waals surface area contributed by atoms with Gasteiger partial charge in [0.1, 0.15) is 5.75 Å². The van der Waals surface area contributed by atoms with Crippen LogP contribution in [0.25, 0.3) is 0 Å². The van der Waals surface area contributed by atoms with Crippen molar-refractivity contribution in [1.82, 2.24) is 10.2 Å². The van der Waals surface area contributed by atoms with Gasteiger partial charge < -0.3 is 19.7 Å². The van der Waals surface area contributed by atoms with Gasteiger partial charge in [-0.15, -0.1) is 0 Å². The third-order valence-corrected chi connectivity index (χ3v) is 4.25. The number of likely N-dealkylation sites (tertiary alicyclic amines) is 1. The molecule has 1 N–H and O–H groups in total. The van der Waals surface area contributed by atoms with Crippen molar-refractivity contribution in [3.8, 4) is 5.75 Å². The summed E-state index contributed by atoms with van der Waals surface area (Å²) < 4.78 is 34.4. The molecule has 2 rings (SSSR count). The number of aliphatic imine (C=N–C) groups is 1. The van der Waals surface area contributed by atoms with Crippen molar-refractivity contribution in [2.24, 2.45) is 10.9 Å². The van der Waals surface area contributed by atoms with Crippen molar-refractivity contribution in [2.45, 2.75) is 32.9 Å². The first-order valence-electron chi connectivity index (χ1n) is 8.69. The zero-order chi connectivity index (χ0) is 18.9. The highest BCUT2D eigenvalue weighted by molar-refractivity contribution is 5.80. The summed E-state index contributed by atoms with van der Waals surface area (Å²) in [5, 5.41) is 3.21. The predicted octanol–water partition coefficient (Wildman–Crippen LogP) is 2.64. The molecule has 1 aromatic rings. The lowest BCUT2D eigenvalue weighted by molar-refractivity contribution is -0.146. The highest BCUT2D eigenvalue weighted by Crippen LogP contribution is 2.22. The minimum Gasteiger partial charge on any atom is -0.469 e. The lowest BCUT2D eigenvalue weighted by Gasteiger charge is -2.33. The van der Waals surface area contributed by atoms with Crippen LogP contribution < -0.4 is 10.1 Å². The van der Waals surface area contributed by atoms with Crippen molar-refractivity contribution in [2.75, 3.05) is 26.7 Å². The molecule has 144 valence electrons. The summed E-state index contributed by atoms with van der Waals surface area (Å²) in [5.41, 5.74) is 0.590. The van der Waals surface area contributed by atoms with E-state index in [4.69, 9.17) is 4.74 Å². The van der Waals surface area contributed by atoms with E-state index in [9.17, 15) is 13.6 Å². The van der Waals surface area contributed by atoms with Crippen molar-refractivity contribution in [1.29, 1.82) is 0 Å². The Kier molecular flexibility index (Phi) is 7.62. The maximum atomic E-state index is 12.5. The second-order valence-corrected chi connectivity index (χ2v) is 5.94. The number of guanidine groups is 1. The first kappa shape index (κ1) is 19.9. The fourth-order valence-corrected chi connectivity index (χ4v) is 2.92. The van der Waals surface area contributed by atoms with E-state index in [1.54, 1.807) is 18.2 Å². The molecule has 0 bridgehead atoms. The summed E-state index contributed by atoms with van der Waals surface area (Å²) in [4.78, 5) is 18.3. The van der Waals surface area contributed by atoms with Gasteiger partial charge in [-0.05, 0) is 25.8 Å². The zero-order valence-electron chi connectivity index (χ0n) is 15.1. The van der Waals surface area contributed by atoms with Crippen LogP contribution in [0.3, 0.4) is 0 Å². The number of nitrogens with zero attached hydrogens (tertiary/aromatic N) is 2. The normalized spacial score (nSPS) is 15.9. The van der Waals surface area contributed by atoms with E-state index in [0.717, 1.165) is 0 Å². The molecule has 1 aliphatic heterocycles. The third kappa shape index (κ3) is 5.57. The highest BCUT2D eigenvalue weighted by atomic mass is 19.3. The largest absolute Gasteiger partial charge is 0.469 e. The molecule has 6 nitrogen and oxygen atoms in total. The number of halogens is 2. The Morgan fingerprint density at radius 1 is 1.35 bits per heavy atom. The van der Waals surface area contributed by atoms with Gasteiger partial charge in [0, 0.05) is 25.2 Å². The molecule has 8 heteroatoms. The van der Waals surface area contributed by atoms with Gasteiger partial charge in [0.05, 0.1) is 19.6 Å². The molecule has 0 amide bonds. The van der Waals surface area contributed by atoms with E-state index in [1.165, 1.54) is 13.2 Å². The number of esters is 1. The summed E-state index contributed by atoms with van der Waals surface area (Å²) in [6.45, 7) is 1.37. The fourth-order valence-electron chi connectivity index (χ4n) is 2.92. The van der Waals surface area contributed by atoms with Gasteiger partial charge in [0.25, 0.3) is 0 Å². The van der Waals surface area contributed by atoms with Crippen molar-refractivity contribution in [3.05, 3.63) is 29.8 Å². The second kappa shape index (κ2) is 9.94. The van der Waals surface area contributed by atoms with E-state index < -0.39 is 6.61 Å². The molecule has 26 heavy (non-hydrogen) atoms. The summed E-state index contributed by atoms with van der Waals surface area (Å²) in [5.74, 6) is 0.568. The quantitative estimate of drug-likeness (QED) is 0.475. The van der Waals surface area contributed by atoms with Crippen LogP contribution in [0, 0.1) is 5.92 Å². The summed E-state index contributed by atoms with van der Waals surface area (Å²) in [6, 6.07) is 6.63. The number of ether oxygens (including phenoxy) is 2. The molecule has 1 fully saturated rings. The van der Waals surface area contributed by atoms with Crippen molar-refractivity contribution in [3.63, 3.8) is 0 Å².